The summed E-state index contributed by atoms with van der Waals surface area (Å²) in [6.45, 7) is 7.84. The molecule has 1 saturated heterocycles. The number of carbonyl (C=O) groups excluding carboxylic acids is 2. The zero-order valence-electron chi connectivity index (χ0n) is 11.6. The van der Waals surface area contributed by atoms with Crippen LogP contribution in [0.5, 0.6) is 0 Å². The van der Waals surface area contributed by atoms with E-state index in [-0.39, 0.29) is 11.2 Å². The van der Waals surface area contributed by atoms with Gasteiger partial charge in [-0.05, 0) is 20.8 Å². The molecule has 18 heavy (non-hydrogen) atoms. The quantitative estimate of drug-likeness (QED) is 0.684. The number of carbonyl (C=O) groups is 2. The summed E-state index contributed by atoms with van der Waals surface area (Å²) in [7, 11) is 1.33. The van der Waals surface area contributed by atoms with Crippen LogP contribution in [0, 0.1) is 0 Å². The summed E-state index contributed by atoms with van der Waals surface area (Å²) >= 11 is 1.66. The molecule has 0 aliphatic carbocycles. The molecule has 0 bridgehead atoms. The average molecular weight is 275 g/mol. The van der Waals surface area contributed by atoms with Crippen molar-refractivity contribution in [2.24, 2.45) is 0 Å². The van der Waals surface area contributed by atoms with Gasteiger partial charge in [0, 0.05) is 17.5 Å². The SMILES string of the molecule is COC(=O)[C@H]1C(C)SCCN1C(=O)OC(C)(C)C. The number of esters is 1. The second-order valence-electron chi connectivity index (χ2n) is 5.22. The van der Waals surface area contributed by atoms with Crippen LogP contribution in [0.15, 0.2) is 0 Å². The summed E-state index contributed by atoms with van der Waals surface area (Å²) in [5, 5.41) is 0.0127. The van der Waals surface area contributed by atoms with Crippen LogP contribution >= 0.6 is 11.8 Å². The van der Waals surface area contributed by atoms with Crippen molar-refractivity contribution in [2.45, 2.75) is 44.6 Å². The van der Waals surface area contributed by atoms with Crippen molar-refractivity contribution in [1.29, 1.82) is 0 Å². The minimum atomic E-state index is -0.566. The molecule has 104 valence electrons. The molecule has 1 unspecified atom stereocenters. The predicted molar refractivity (Wildman–Crippen MR) is 70.7 cm³/mol. The van der Waals surface area contributed by atoms with E-state index in [0.717, 1.165) is 5.75 Å². The van der Waals surface area contributed by atoms with Crippen LogP contribution in [0.1, 0.15) is 27.7 Å². The van der Waals surface area contributed by atoms with Crippen molar-refractivity contribution in [2.75, 3.05) is 19.4 Å². The van der Waals surface area contributed by atoms with E-state index in [1.54, 1.807) is 32.5 Å². The monoisotopic (exact) mass is 275 g/mol. The van der Waals surface area contributed by atoms with Crippen LogP contribution in [0.25, 0.3) is 0 Å². The van der Waals surface area contributed by atoms with Gasteiger partial charge in [0.05, 0.1) is 7.11 Å². The molecule has 1 heterocycles. The molecular weight excluding hydrogens is 254 g/mol. The fourth-order valence-corrected chi connectivity index (χ4v) is 2.90. The minimum Gasteiger partial charge on any atom is -0.467 e. The zero-order valence-corrected chi connectivity index (χ0v) is 12.4. The molecule has 0 radical (unpaired) electrons. The molecule has 0 aromatic rings. The fourth-order valence-electron chi connectivity index (χ4n) is 1.79. The number of amides is 1. The summed E-state index contributed by atoms with van der Waals surface area (Å²) < 4.78 is 10.1. The van der Waals surface area contributed by atoms with Gasteiger partial charge >= 0.3 is 12.1 Å². The molecule has 5 nitrogen and oxygen atoms in total. The van der Waals surface area contributed by atoms with Crippen molar-refractivity contribution < 1.29 is 19.1 Å². The first-order chi connectivity index (χ1) is 8.26. The molecule has 2 atom stereocenters. The van der Waals surface area contributed by atoms with E-state index in [2.05, 4.69) is 0 Å². The Labute approximate surface area is 112 Å². The lowest BCUT2D eigenvalue weighted by molar-refractivity contribution is -0.146. The Balaban J connectivity index is 2.82. The van der Waals surface area contributed by atoms with Crippen LogP contribution in [0.3, 0.4) is 0 Å². The molecule has 0 spiro atoms. The molecule has 0 aromatic carbocycles. The molecule has 1 aliphatic heterocycles. The number of nitrogens with zero attached hydrogens (tertiary/aromatic N) is 1. The van der Waals surface area contributed by atoms with Crippen LogP contribution < -0.4 is 0 Å². The van der Waals surface area contributed by atoms with Gasteiger partial charge in [-0.15, -0.1) is 0 Å². The van der Waals surface area contributed by atoms with Gasteiger partial charge in [0.1, 0.15) is 11.6 Å². The molecule has 0 N–H and O–H groups in total. The maximum absolute atomic E-state index is 12.1. The summed E-state index contributed by atoms with van der Waals surface area (Å²) in [4.78, 5) is 25.3. The van der Waals surface area contributed by atoms with E-state index in [0.29, 0.717) is 6.54 Å². The highest BCUT2D eigenvalue weighted by Gasteiger charge is 2.40. The first-order valence-corrected chi connectivity index (χ1v) is 7.00. The normalized spacial score (nSPS) is 24.6. The van der Waals surface area contributed by atoms with Crippen molar-refractivity contribution >= 4 is 23.8 Å². The Morgan fingerprint density at radius 1 is 1.33 bits per heavy atom. The molecule has 1 fully saturated rings. The maximum Gasteiger partial charge on any atom is 0.411 e. The summed E-state index contributed by atoms with van der Waals surface area (Å²) in [5.74, 6) is 0.411. The van der Waals surface area contributed by atoms with Crippen LogP contribution in [-0.2, 0) is 14.3 Å². The van der Waals surface area contributed by atoms with Gasteiger partial charge < -0.3 is 9.47 Å². The third-order valence-electron chi connectivity index (χ3n) is 2.56. The van der Waals surface area contributed by atoms with Gasteiger partial charge in [-0.1, -0.05) is 6.92 Å². The van der Waals surface area contributed by atoms with E-state index in [1.165, 1.54) is 12.0 Å². The van der Waals surface area contributed by atoms with Gasteiger partial charge in [0.2, 0.25) is 0 Å². The van der Waals surface area contributed by atoms with Crippen LogP contribution in [0.4, 0.5) is 4.79 Å². The highest BCUT2D eigenvalue weighted by molar-refractivity contribution is 8.00. The first kappa shape index (κ1) is 15.1. The molecular formula is C12H21NO4S. The minimum absolute atomic E-state index is 0.0127. The first-order valence-electron chi connectivity index (χ1n) is 5.95. The second-order valence-corrected chi connectivity index (χ2v) is 6.70. The third kappa shape index (κ3) is 3.80. The third-order valence-corrected chi connectivity index (χ3v) is 3.77. The number of methoxy groups -OCH3 is 1. The van der Waals surface area contributed by atoms with Gasteiger partial charge in [-0.3, -0.25) is 4.90 Å². The van der Waals surface area contributed by atoms with Gasteiger partial charge in [-0.2, -0.15) is 11.8 Å². The second kappa shape index (κ2) is 5.82. The number of thioether (sulfide) groups is 1. The largest absolute Gasteiger partial charge is 0.467 e. The lowest BCUT2D eigenvalue weighted by atomic mass is 10.1. The van der Waals surface area contributed by atoms with Gasteiger partial charge in [-0.25, -0.2) is 9.59 Å². The van der Waals surface area contributed by atoms with E-state index in [1.807, 2.05) is 6.92 Å². The standard InChI is InChI=1S/C12H21NO4S/c1-8-9(10(14)16-5)13(6-7-18-8)11(15)17-12(2,3)4/h8-9H,6-7H2,1-5H3/t8?,9-/m1/s1. The van der Waals surface area contributed by atoms with E-state index < -0.39 is 17.7 Å². The summed E-state index contributed by atoms with van der Waals surface area (Å²) in [6, 6.07) is -0.566. The smallest absolute Gasteiger partial charge is 0.411 e. The number of hydrogen-bond acceptors (Lipinski definition) is 5. The van der Waals surface area contributed by atoms with Crippen LogP contribution in [-0.4, -0.2) is 53.3 Å². The lowest BCUT2D eigenvalue weighted by Crippen LogP contribution is -2.55. The highest BCUT2D eigenvalue weighted by Crippen LogP contribution is 2.26. The fraction of sp³-hybridized carbons (Fsp3) is 0.833. The zero-order chi connectivity index (χ0) is 13.9. The Morgan fingerprint density at radius 3 is 2.44 bits per heavy atom. The Kier molecular flexibility index (Phi) is 4.90. The number of hydrogen-bond donors (Lipinski definition) is 0. The van der Waals surface area contributed by atoms with Crippen LogP contribution in [0.2, 0.25) is 0 Å². The van der Waals surface area contributed by atoms with Crippen molar-refractivity contribution in [3.8, 4) is 0 Å². The number of ether oxygens (including phenoxy) is 2. The predicted octanol–water partition coefficient (Wildman–Crippen LogP) is 1.90. The highest BCUT2D eigenvalue weighted by atomic mass is 32.2. The Hall–Kier alpha value is -0.910. The Bertz CT molecular complexity index is 327. The molecule has 0 aromatic heterocycles. The topological polar surface area (TPSA) is 55.8 Å². The summed E-state index contributed by atoms with van der Waals surface area (Å²) in [5.41, 5.74) is -0.564. The molecule has 0 saturated carbocycles. The van der Waals surface area contributed by atoms with Gasteiger partial charge in [0.15, 0.2) is 0 Å². The van der Waals surface area contributed by atoms with Gasteiger partial charge in [0.25, 0.3) is 0 Å². The van der Waals surface area contributed by atoms with E-state index >= 15 is 0 Å². The molecule has 1 aliphatic rings. The molecule has 1 rings (SSSR count). The van der Waals surface area contributed by atoms with Crippen molar-refractivity contribution in [3.63, 3.8) is 0 Å². The van der Waals surface area contributed by atoms with E-state index in [4.69, 9.17) is 9.47 Å². The summed E-state index contributed by atoms with van der Waals surface area (Å²) in [6.07, 6.45) is -0.454. The molecule has 1 amide bonds. The van der Waals surface area contributed by atoms with Crippen molar-refractivity contribution in [1.82, 2.24) is 4.90 Å². The Morgan fingerprint density at radius 2 is 1.94 bits per heavy atom. The van der Waals surface area contributed by atoms with Crippen molar-refractivity contribution in [3.05, 3.63) is 0 Å². The number of rotatable bonds is 1. The van der Waals surface area contributed by atoms with E-state index in [9.17, 15) is 9.59 Å². The maximum atomic E-state index is 12.1. The molecule has 6 heteroatoms. The lowest BCUT2D eigenvalue weighted by Gasteiger charge is -2.38. The average Bonchev–Trinajstić information content (AvgIpc) is 2.25.